The van der Waals surface area contributed by atoms with Crippen molar-refractivity contribution in [3.8, 4) is 22.9 Å². The van der Waals surface area contributed by atoms with Gasteiger partial charge in [-0.1, -0.05) is 12.1 Å². The van der Waals surface area contributed by atoms with E-state index in [1.807, 2.05) is 6.07 Å². The van der Waals surface area contributed by atoms with Gasteiger partial charge in [0.25, 0.3) is 5.56 Å². The Balaban J connectivity index is 2.70. The van der Waals surface area contributed by atoms with E-state index in [-0.39, 0.29) is 11.4 Å². The number of rotatable bonds is 2. The Bertz CT molecular complexity index is 683. The smallest absolute Gasteiger partial charge is 0.268 e. The topological polar surface area (TPSA) is 91.9 Å². The zero-order valence-corrected chi connectivity index (χ0v) is 9.73. The summed E-state index contributed by atoms with van der Waals surface area (Å²) in [5.41, 5.74) is 6.35. The van der Waals surface area contributed by atoms with Crippen molar-refractivity contribution in [1.82, 2.24) is 4.98 Å². The molecular formula is C13H11N3O2. The van der Waals surface area contributed by atoms with Gasteiger partial charge in [0.15, 0.2) is 0 Å². The number of aromatic amines is 1. The zero-order chi connectivity index (χ0) is 13.1. The highest BCUT2D eigenvalue weighted by Crippen LogP contribution is 2.25. The fraction of sp³-hybridized carbons (Fsp3) is 0.0769. The number of hydrogen-bond donors (Lipinski definition) is 2. The number of pyridine rings is 1. The quantitative estimate of drug-likeness (QED) is 0.833. The molecule has 1 heterocycles. The number of H-pyrrole nitrogens is 1. The summed E-state index contributed by atoms with van der Waals surface area (Å²) in [4.78, 5) is 14.0. The van der Waals surface area contributed by atoms with E-state index in [9.17, 15) is 4.79 Å². The van der Waals surface area contributed by atoms with Crippen LogP contribution in [0.25, 0.3) is 11.1 Å². The number of nitrogens with one attached hydrogen (secondary N) is 1. The minimum atomic E-state index is -0.490. The van der Waals surface area contributed by atoms with Crippen LogP contribution in [0.15, 0.2) is 35.1 Å². The van der Waals surface area contributed by atoms with Crippen molar-refractivity contribution in [1.29, 1.82) is 5.26 Å². The molecular weight excluding hydrogens is 230 g/mol. The third-order valence-electron chi connectivity index (χ3n) is 2.55. The van der Waals surface area contributed by atoms with E-state index in [0.717, 1.165) is 0 Å². The molecule has 0 fully saturated rings. The Hall–Kier alpha value is -2.74. The van der Waals surface area contributed by atoms with Crippen molar-refractivity contribution < 1.29 is 4.74 Å². The van der Waals surface area contributed by atoms with Crippen molar-refractivity contribution >= 4 is 5.82 Å². The highest BCUT2D eigenvalue weighted by atomic mass is 16.5. The predicted octanol–water partition coefficient (Wildman–Crippen LogP) is 1.50. The third kappa shape index (κ3) is 2.04. The van der Waals surface area contributed by atoms with Gasteiger partial charge in [-0.05, 0) is 23.8 Å². The maximum absolute atomic E-state index is 11.6. The minimum absolute atomic E-state index is 0.0393. The van der Waals surface area contributed by atoms with Crippen LogP contribution in [0.4, 0.5) is 5.82 Å². The lowest BCUT2D eigenvalue weighted by atomic mass is 10.0. The normalized spacial score (nSPS) is 9.78. The van der Waals surface area contributed by atoms with E-state index in [1.54, 1.807) is 37.4 Å². The van der Waals surface area contributed by atoms with Gasteiger partial charge in [-0.3, -0.25) is 4.79 Å². The Morgan fingerprint density at radius 1 is 1.39 bits per heavy atom. The van der Waals surface area contributed by atoms with Crippen molar-refractivity contribution in [3.05, 3.63) is 46.2 Å². The van der Waals surface area contributed by atoms with E-state index in [2.05, 4.69) is 4.98 Å². The minimum Gasteiger partial charge on any atom is -0.497 e. The molecule has 5 heteroatoms. The first kappa shape index (κ1) is 11.7. The van der Waals surface area contributed by atoms with Gasteiger partial charge in [0.05, 0.1) is 7.11 Å². The standard InChI is InChI=1S/C13H11N3O2/c1-18-9-4-2-3-8(5-9)10-6-12(15)16-13(17)11(10)7-14/h2-6H,1H3,(H3,15,16,17). The molecule has 0 aliphatic heterocycles. The molecule has 0 saturated carbocycles. The number of nitriles is 1. The van der Waals surface area contributed by atoms with Gasteiger partial charge in [0, 0.05) is 5.56 Å². The maximum atomic E-state index is 11.6. The van der Waals surface area contributed by atoms with Gasteiger partial charge in [-0.15, -0.1) is 0 Å². The van der Waals surface area contributed by atoms with E-state index in [0.29, 0.717) is 16.9 Å². The van der Waals surface area contributed by atoms with E-state index < -0.39 is 5.56 Å². The first-order valence-corrected chi connectivity index (χ1v) is 5.23. The molecule has 18 heavy (non-hydrogen) atoms. The highest BCUT2D eigenvalue weighted by molar-refractivity contribution is 5.73. The Morgan fingerprint density at radius 3 is 2.83 bits per heavy atom. The Kier molecular flexibility index (Phi) is 3.02. The molecule has 0 aliphatic rings. The Labute approximate surface area is 103 Å². The summed E-state index contributed by atoms with van der Waals surface area (Å²) in [5.74, 6) is 0.868. The first-order valence-electron chi connectivity index (χ1n) is 5.23. The van der Waals surface area contributed by atoms with Crippen LogP contribution in [0.2, 0.25) is 0 Å². The molecule has 0 bridgehead atoms. The SMILES string of the molecule is COc1cccc(-c2cc(N)[nH]c(=O)c2C#N)c1. The molecule has 2 aromatic rings. The molecule has 1 aromatic heterocycles. The molecule has 0 amide bonds. The van der Waals surface area contributed by atoms with Crippen LogP contribution in [-0.2, 0) is 0 Å². The zero-order valence-electron chi connectivity index (χ0n) is 9.73. The number of benzene rings is 1. The molecule has 90 valence electrons. The van der Waals surface area contributed by atoms with E-state index >= 15 is 0 Å². The predicted molar refractivity (Wildman–Crippen MR) is 68.2 cm³/mol. The van der Waals surface area contributed by atoms with Crippen molar-refractivity contribution in [2.75, 3.05) is 12.8 Å². The van der Waals surface area contributed by atoms with Crippen LogP contribution < -0.4 is 16.0 Å². The number of hydrogen-bond acceptors (Lipinski definition) is 4. The molecule has 3 N–H and O–H groups in total. The lowest BCUT2D eigenvalue weighted by Crippen LogP contribution is -2.13. The van der Waals surface area contributed by atoms with Gasteiger partial charge in [0.1, 0.15) is 23.2 Å². The van der Waals surface area contributed by atoms with Crippen LogP contribution in [0.1, 0.15) is 5.56 Å². The number of anilines is 1. The highest BCUT2D eigenvalue weighted by Gasteiger charge is 2.10. The number of nitrogen functional groups attached to an aromatic ring is 1. The number of aromatic nitrogens is 1. The summed E-state index contributed by atoms with van der Waals surface area (Å²) in [6.45, 7) is 0. The molecule has 2 rings (SSSR count). The van der Waals surface area contributed by atoms with Crippen LogP contribution in [0, 0.1) is 11.3 Å². The molecule has 0 saturated heterocycles. The van der Waals surface area contributed by atoms with Crippen molar-refractivity contribution in [2.24, 2.45) is 0 Å². The molecule has 0 aliphatic carbocycles. The molecule has 0 radical (unpaired) electrons. The third-order valence-corrected chi connectivity index (χ3v) is 2.55. The maximum Gasteiger partial charge on any atom is 0.268 e. The number of ether oxygens (including phenoxy) is 1. The van der Waals surface area contributed by atoms with Crippen LogP contribution in [-0.4, -0.2) is 12.1 Å². The molecule has 5 nitrogen and oxygen atoms in total. The van der Waals surface area contributed by atoms with Crippen LogP contribution in [0.3, 0.4) is 0 Å². The van der Waals surface area contributed by atoms with E-state index in [4.69, 9.17) is 15.7 Å². The summed E-state index contributed by atoms with van der Waals surface area (Å²) in [5, 5.41) is 9.04. The summed E-state index contributed by atoms with van der Waals surface area (Å²) >= 11 is 0. The lowest BCUT2D eigenvalue weighted by Gasteiger charge is -2.07. The van der Waals surface area contributed by atoms with Crippen LogP contribution >= 0.6 is 0 Å². The summed E-state index contributed by atoms with van der Waals surface area (Å²) in [6, 6.07) is 10.6. The molecule has 0 unspecified atom stereocenters. The second-order valence-corrected chi connectivity index (χ2v) is 3.69. The lowest BCUT2D eigenvalue weighted by molar-refractivity contribution is 0.415. The van der Waals surface area contributed by atoms with Gasteiger partial charge in [0.2, 0.25) is 0 Å². The summed E-state index contributed by atoms with van der Waals surface area (Å²) in [6.07, 6.45) is 0. The average molecular weight is 241 g/mol. The van der Waals surface area contributed by atoms with E-state index in [1.165, 1.54) is 0 Å². The van der Waals surface area contributed by atoms with Crippen molar-refractivity contribution in [3.63, 3.8) is 0 Å². The first-order chi connectivity index (χ1) is 8.65. The molecule has 0 atom stereocenters. The van der Waals surface area contributed by atoms with Gasteiger partial charge in [-0.2, -0.15) is 5.26 Å². The largest absolute Gasteiger partial charge is 0.497 e. The average Bonchev–Trinajstić information content (AvgIpc) is 2.38. The second kappa shape index (κ2) is 4.63. The fourth-order valence-electron chi connectivity index (χ4n) is 1.71. The van der Waals surface area contributed by atoms with Gasteiger partial charge in [-0.25, -0.2) is 0 Å². The summed E-state index contributed by atoms with van der Waals surface area (Å²) in [7, 11) is 1.55. The number of methoxy groups -OCH3 is 1. The van der Waals surface area contributed by atoms with Crippen LogP contribution in [0.5, 0.6) is 5.75 Å². The number of nitrogens with two attached hydrogens (primary N) is 1. The Morgan fingerprint density at radius 2 is 2.17 bits per heavy atom. The van der Waals surface area contributed by atoms with Gasteiger partial charge < -0.3 is 15.5 Å². The fourth-order valence-corrected chi connectivity index (χ4v) is 1.71. The second-order valence-electron chi connectivity index (χ2n) is 3.69. The molecule has 1 aromatic carbocycles. The molecule has 0 spiro atoms. The van der Waals surface area contributed by atoms with Gasteiger partial charge >= 0.3 is 0 Å². The summed E-state index contributed by atoms with van der Waals surface area (Å²) < 4.78 is 5.11. The number of nitrogens with zero attached hydrogens (tertiary/aromatic N) is 1. The van der Waals surface area contributed by atoms with Crippen molar-refractivity contribution in [2.45, 2.75) is 0 Å². The monoisotopic (exact) mass is 241 g/mol.